The Morgan fingerprint density at radius 1 is 1.47 bits per heavy atom. The minimum atomic E-state index is -0.776. The largest absolute Gasteiger partial charge is 0.472 e. The van der Waals surface area contributed by atoms with E-state index in [2.05, 4.69) is 10.3 Å². The van der Waals surface area contributed by atoms with Gasteiger partial charge in [0.2, 0.25) is 0 Å². The number of aliphatic hydroxyl groups is 1. The Morgan fingerprint density at radius 2 is 2.35 bits per heavy atom. The van der Waals surface area contributed by atoms with Crippen molar-refractivity contribution in [3.05, 3.63) is 54.2 Å². The molecule has 2 aromatic heterocycles. The van der Waals surface area contributed by atoms with E-state index in [1.54, 1.807) is 30.5 Å². The van der Waals surface area contributed by atoms with E-state index in [9.17, 15) is 9.90 Å². The minimum Gasteiger partial charge on any atom is -0.472 e. The Morgan fingerprint density at radius 3 is 3.00 bits per heavy atom. The van der Waals surface area contributed by atoms with Gasteiger partial charge in [-0.3, -0.25) is 9.78 Å². The molecule has 1 unspecified atom stereocenters. The number of hydrogen-bond donors (Lipinski definition) is 2. The fourth-order valence-electron chi connectivity index (χ4n) is 1.36. The standard InChI is InChI=1S/C12H12N2O3/c15-11(9-4-6-17-8-9)7-14-12(16)10-3-1-2-5-13-10/h1-6,8,11,15H,7H2,(H,14,16). The number of carbonyl (C=O) groups is 1. The van der Waals surface area contributed by atoms with Crippen LogP contribution in [-0.2, 0) is 0 Å². The topological polar surface area (TPSA) is 75.4 Å². The number of furan rings is 1. The molecule has 0 aromatic carbocycles. The van der Waals surface area contributed by atoms with Gasteiger partial charge >= 0.3 is 0 Å². The van der Waals surface area contributed by atoms with Crippen LogP contribution in [0.3, 0.4) is 0 Å². The summed E-state index contributed by atoms with van der Waals surface area (Å²) in [5, 5.41) is 12.3. The van der Waals surface area contributed by atoms with Gasteiger partial charge in [0.05, 0.1) is 18.6 Å². The number of nitrogens with zero attached hydrogens (tertiary/aromatic N) is 1. The van der Waals surface area contributed by atoms with E-state index in [0.717, 1.165) is 0 Å². The first-order valence-corrected chi connectivity index (χ1v) is 5.17. The van der Waals surface area contributed by atoms with Crippen LogP contribution in [0.4, 0.5) is 0 Å². The van der Waals surface area contributed by atoms with Gasteiger partial charge in [-0.05, 0) is 18.2 Å². The molecule has 2 heterocycles. The van der Waals surface area contributed by atoms with Crippen LogP contribution in [0.5, 0.6) is 0 Å². The second-order valence-corrected chi connectivity index (χ2v) is 3.50. The molecule has 2 rings (SSSR count). The summed E-state index contributed by atoms with van der Waals surface area (Å²) in [7, 11) is 0. The van der Waals surface area contributed by atoms with E-state index in [1.807, 2.05) is 0 Å². The monoisotopic (exact) mass is 232 g/mol. The number of amides is 1. The molecule has 0 bridgehead atoms. The van der Waals surface area contributed by atoms with Crippen molar-refractivity contribution >= 4 is 5.91 Å². The van der Waals surface area contributed by atoms with Crippen molar-refractivity contribution in [2.75, 3.05) is 6.54 Å². The summed E-state index contributed by atoms with van der Waals surface area (Å²) < 4.78 is 4.84. The zero-order valence-electron chi connectivity index (χ0n) is 9.04. The fourth-order valence-corrected chi connectivity index (χ4v) is 1.36. The minimum absolute atomic E-state index is 0.120. The highest BCUT2D eigenvalue weighted by Crippen LogP contribution is 2.11. The molecule has 0 saturated carbocycles. The number of pyridine rings is 1. The van der Waals surface area contributed by atoms with Gasteiger partial charge in [-0.15, -0.1) is 0 Å². The molecule has 0 aliphatic heterocycles. The zero-order chi connectivity index (χ0) is 12.1. The summed E-state index contributed by atoms with van der Waals surface area (Å²) in [6.45, 7) is 0.120. The molecule has 5 nitrogen and oxygen atoms in total. The van der Waals surface area contributed by atoms with Gasteiger partial charge in [0, 0.05) is 18.3 Å². The third kappa shape index (κ3) is 2.92. The third-order valence-corrected chi connectivity index (χ3v) is 2.28. The predicted octanol–water partition coefficient (Wildman–Crippen LogP) is 1.14. The Balaban J connectivity index is 1.89. The summed E-state index contributed by atoms with van der Waals surface area (Å²) in [4.78, 5) is 15.5. The van der Waals surface area contributed by atoms with Crippen LogP contribution >= 0.6 is 0 Å². The van der Waals surface area contributed by atoms with Gasteiger partial charge in [0.15, 0.2) is 0 Å². The van der Waals surface area contributed by atoms with E-state index in [0.29, 0.717) is 11.3 Å². The number of aliphatic hydroxyl groups excluding tert-OH is 1. The first-order chi connectivity index (χ1) is 8.27. The van der Waals surface area contributed by atoms with Gasteiger partial charge in [-0.25, -0.2) is 0 Å². The molecule has 1 amide bonds. The molecular formula is C12H12N2O3. The van der Waals surface area contributed by atoms with Gasteiger partial charge in [0.1, 0.15) is 5.69 Å². The van der Waals surface area contributed by atoms with Crippen LogP contribution in [0.1, 0.15) is 22.2 Å². The number of nitrogens with one attached hydrogen (secondary N) is 1. The Kier molecular flexibility index (Phi) is 3.52. The van der Waals surface area contributed by atoms with Gasteiger partial charge in [-0.2, -0.15) is 0 Å². The number of hydrogen-bond acceptors (Lipinski definition) is 4. The summed E-state index contributed by atoms with van der Waals surface area (Å²) in [5.41, 5.74) is 0.957. The van der Waals surface area contributed by atoms with E-state index in [1.165, 1.54) is 12.5 Å². The lowest BCUT2D eigenvalue weighted by Gasteiger charge is -2.09. The summed E-state index contributed by atoms with van der Waals surface area (Å²) >= 11 is 0. The molecule has 0 fully saturated rings. The van der Waals surface area contributed by atoms with Crippen molar-refractivity contribution in [3.8, 4) is 0 Å². The van der Waals surface area contributed by atoms with E-state index in [-0.39, 0.29) is 12.5 Å². The van der Waals surface area contributed by atoms with Crippen molar-refractivity contribution in [2.24, 2.45) is 0 Å². The van der Waals surface area contributed by atoms with Crippen LogP contribution < -0.4 is 5.32 Å². The molecule has 0 spiro atoms. The summed E-state index contributed by atoms with van der Waals surface area (Å²) in [5.74, 6) is -0.312. The molecule has 88 valence electrons. The quantitative estimate of drug-likeness (QED) is 0.828. The second kappa shape index (κ2) is 5.27. The maximum atomic E-state index is 11.6. The Bertz CT molecular complexity index is 468. The van der Waals surface area contributed by atoms with Crippen LogP contribution in [0.25, 0.3) is 0 Å². The molecule has 2 N–H and O–H groups in total. The Hall–Kier alpha value is -2.14. The summed E-state index contributed by atoms with van der Waals surface area (Å²) in [6, 6.07) is 6.72. The third-order valence-electron chi connectivity index (χ3n) is 2.28. The zero-order valence-corrected chi connectivity index (χ0v) is 9.04. The van der Waals surface area contributed by atoms with Gasteiger partial charge in [-0.1, -0.05) is 6.07 Å². The van der Waals surface area contributed by atoms with Gasteiger partial charge < -0.3 is 14.8 Å². The van der Waals surface area contributed by atoms with Crippen LogP contribution in [0.15, 0.2) is 47.4 Å². The van der Waals surface area contributed by atoms with Crippen LogP contribution in [0, 0.1) is 0 Å². The molecule has 0 aliphatic rings. The average Bonchev–Trinajstić information content (AvgIpc) is 2.90. The molecular weight excluding hydrogens is 220 g/mol. The first-order valence-electron chi connectivity index (χ1n) is 5.17. The molecule has 0 saturated heterocycles. The second-order valence-electron chi connectivity index (χ2n) is 3.50. The molecule has 0 aliphatic carbocycles. The molecule has 5 heteroatoms. The van der Waals surface area contributed by atoms with Crippen LogP contribution in [0.2, 0.25) is 0 Å². The van der Waals surface area contributed by atoms with Crippen molar-refractivity contribution in [2.45, 2.75) is 6.10 Å². The van der Waals surface area contributed by atoms with E-state index < -0.39 is 6.10 Å². The molecule has 1 atom stereocenters. The Labute approximate surface area is 98.1 Å². The van der Waals surface area contributed by atoms with Gasteiger partial charge in [0.25, 0.3) is 5.91 Å². The highest BCUT2D eigenvalue weighted by molar-refractivity contribution is 5.92. The smallest absolute Gasteiger partial charge is 0.269 e. The number of rotatable bonds is 4. The van der Waals surface area contributed by atoms with Crippen molar-refractivity contribution in [3.63, 3.8) is 0 Å². The van der Waals surface area contributed by atoms with Crippen molar-refractivity contribution in [1.82, 2.24) is 10.3 Å². The molecule has 2 aromatic rings. The lowest BCUT2D eigenvalue weighted by Crippen LogP contribution is -2.28. The lowest BCUT2D eigenvalue weighted by molar-refractivity contribution is 0.0911. The molecule has 0 radical (unpaired) electrons. The lowest BCUT2D eigenvalue weighted by atomic mass is 10.2. The summed E-state index contributed by atoms with van der Waals surface area (Å²) in [6.07, 6.45) is 3.68. The fraction of sp³-hybridized carbons (Fsp3) is 0.167. The normalized spacial score (nSPS) is 12.1. The van der Waals surface area contributed by atoms with Crippen molar-refractivity contribution < 1.29 is 14.3 Å². The average molecular weight is 232 g/mol. The number of aromatic nitrogens is 1. The molecule has 17 heavy (non-hydrogen) atoms. The SMILES string of the molecule is O=C(NCC(O)c1ccoc1)c1ccccn1. The van der Waals surface area contributed by atoms with E-state index in [4.69, 9.17) is 4.42 Å². The maximum Gasteiger partial charge on any atom is 0.269 e. The first kappa shape index (κ1) is 11.3. The highest BCUT2D eigenvalue weighted by atomic mass is 16.3. The maximum absolute atomic E-state index is 11.6. The predicted molar refractivity (Wildman–Crippen MR) is 60.2 cm³/mol. The highest BCUT2D eigenvalue weighted by Gasteiger charge is 2.11. The van der Waals surface area contributed by atoms with Crippen molar-refractivity contribution in [1.29, 1.82) is 0 Å². The van der Waals surface area contributed by atoms with Crippen LogP contribution in [-0.4, -0.2) is 22.5 Å². The number of carbonyl (C=O) groups excluding carboxylic acids is 1. The van der Waals surface area contributed by atoms with E-state index >= 15 is 0 Å².